The Morgan fingerprint density at radius 2 is 0.720 bits per heavy atom. The molecule has 1 nitrogen and oxygen atoms in total. The van der Waals surface area contributed by atoms with Crippen LogP contribution in [0.4, 0.5) is 0 Å². The van der Waals surface area contributed by atoms with Gasteiger partial charge in [0.15, 0.2) is 0 Å². The molecule has 0 aliphatic rings. The lowest BCUT2D eigenvalue weighted by Gasteiger charge is -2.35. The predicted molar refractivity (Wildman–Crippen MR) is 124 cm³/mol. The van der Waals surface area contributed by atoms with Gasteiger partial charge in [-0.2, -0.15) is 0 Å². The van der Waals surface area contributed by atoms with Gasteiger partial charge in [-0.15, -0.1) is 0 Å². The molecule has 0 atom stereocenters. The fourth-order valence-electron chi connectivity index (χ4n) is 4.09. The molecule has 0 saturated carbocycles. The number of unbranched alkanes of at least 4 members (excludes halogenated alkanes) is 12. The van der Waals surface area contributed by atoms with E-state index in [1.54, 1.807) is 0 Å². The van der Waals surface area contributed by atoms with Gasteiger partial charge < -0.3 is 4.65 Å². The van der Waals surface area contributed by atoms with E-state index in [-0.39, 0.29) is 0 Å². The van der Waals surface area contributed by atoms with Crippen LogP contribution in [0.25, 0.3) is 0 Å². The van der Waals surface area contributed by atoms with Crippen LogP contribution in [-0.2, 0) is 0 Å². The second-order valence-corrected chi connectivity index (χ2v) is 19.2. The standard InChI is InChI=1S/C22H51NSi2/c1-7-9-11-13-15-17-19-21-24(3,4)23-25(5,6)22-20-18-16-14-12-10-8-2/h23H,7-22H2,1-6H3. The van der Waals surface area contributed by atoms with Crippen molar-refractivity contribution in [2.24, 2.45) is 0 Å². The Morgan fingerprint density at radius 1 is 0.440 bits per heavy atom. The van der Waals surface area contributed by atoms with Crippen molar-refractivity contribution in [1.82, 2.24) is 4.65 Å². The van der Waals surface area contributed by atoms with Crippen molar-refractivity contribution < 1.29 is 0 Å². The molecule has 1 N–H and O–H groups in total. The third-order valence-electron chi connectivity index (χ3n) is 5.49. The summed E-state index contributed by atoms with van der Waals surface area (Å²) in [6.45, 7) is 14.9. The Bertz CT molecular complexity index is 262. The van der Waals surface area contributed by atoms with Gasteiger partial charge in [0.05, 0.1) is 0 Å². The molecule has 0 spiro atoms. The quantitative estimate of drug-likeness (QED) is 0.184. The van der Waals surface area contributed by atoms with E-state index in [1.165, 1.54) is 102 Å². The van der Waals surface area contributed by atoms with Crippen LogP contribution in [0.1, 0.15) is 104 Å². The monoisotopic (exact) mass is 385 g/mol. The van der Waals surface area contributed by atoms with Gasteiger partial charge in [-0.1, -0.05) is 130 Å². The molecule has 0 aromatic carbocycles. The Labute approximate surface area is 163 Å². The molecule has 0 aliphatic carbocycles. The molecule has 0 rings (SSSR count). The summed E-state index contributed by atoms with van der Waals surface area (Å²) in [4.78, 5) is 0. The van der Waals surface area contributed by atoms with Crippen LogP contribution in [0.5, 0.6) is 0 Å². The summed E-state index contributed by atoms with van der Waals surface area (Å²) in [5, 5.41) is 0. The molecule has 152 valence electrons. The number of hydrogen-bond acceptors (Lipinski definition) is 1. The van der Waals surface area contributed by atoms with Crippen molar-refractivity contribution in [1.29, 1.82) is 0 Å². The highest BCUT2D eigenvalue weighted by molar-refractivity contribution is 6.91. The lowest BCUT2D eigenvalue weighted by molar-refractivity contribution is 0.599. The van der Waals surface area contributed by atoms with Crippen LogP contribution in [-0.4, -0.2) is 16.5 Å². The van der Waals surface area contributed by atoms with Crippen LogP contribution in [0.3, 0.4) is 0 Å². The summed E-state index contributed by atoms with van der Waals surface area (Å²) in [5.74, 6) is 0. The van der Waals surface area contributed by atoms with Gasteiger partial charge in [-0.3, -0.25) is 0 Å². The highest BCUT2D eigenvalue weighted by atomic mass is 28.4. The van der Waals surface area contributed by atoms with Crippen molar-refractivity contribution in [2.75, 3.05) is 0 Å². The highest BCUT2D eigenvalue weighted by Gasteiger charge is 2.30. The van der Waals surface area contributed by atoms with Gasteiger partial charge in [0.1, 0.15) is 16.5 Å². The number of nitrogens with one attached hydrogen (secondary N) is 1. The van der Waals surface area contributed by atoms with Crippen LogP contribution < -0.4 is 4.65 Å². The second kappa shape index (κ2) is 15.5. The van der Waals surface area contributed by atoms with Gasteiger partial charge in [0.25, 0.3) is 0 Å². The first-order chi connectivity index (χ1) is 11.8. The van der Waals surface area contributed by atoms with E-state index in [1.807, 2.05) is 0 Å². The van der Waals surface area contributed by atoms with Gasteiger partial charge in [0, 0.05) is 0 Å². The molecule has 0 saturated heterocycles. The molecule has 0 unspecified atom stereocenters. The Morgan fingerprint density at radius 3 is 1.04 bits per heavy atom. The normalized spacial score (nSPS) is 12.7. The van der Waals surface area contributed by atoms with E-state index >= 15 is 0 Å². The summed E-state index contributed by atoms with van der Waals surface area (Å²) in [6.07, 6.45) is 20.2. The smallest absolute Gasteiger partial charge is 0.112 e. The fraction of sp³-hybridized carbons (Fsp3) is 1.00. The first-order valence-corrected chi connectivity index (χ1v) is 18.0. The van der Waals surface area contributed by atoms with Crippen molar-refractivity contribution in [2.45, 2.75) is 142 Å². The van der Waals surface area contributed by atoms with Crippen LogP contribution in [0.2, 0.25) is 38.3 Å². The zero-order chi connectivity index (χ0) is 19.0. The van der Waals surface area contributed by atoms with Gasteiger partial charge in [0.2, 0.25) is 0 Å². The maximum atomic E-state index is 4.23. The second-order valence-electron chi connectivity index (χ2n) is 9.64. The number of rotatable bonds is 18. The Hall–Kier alpha value is 0.394. The molecule has 0 aromatic rings. The van der Waals surface area contributed by atoms with Crippen molar-refractivity contribution in [3.8, 4) is 0 Å². The maximum Gasteiger partial charge on any atom is 0.112 e. The molecule has 0 bridgehead atoms. The SMILES string of the molecule is CCCCCCCCC[Si](C)(C)N[Si](C)(C)CCCCCCCCC. The van der Waals surface area contributed by atoms with Gasteiger partial charge >= 0.3 is 0 Å². The predicted octanol–water partition coefficient (Wildman–Crippen LogP) is 8.49. The minimum absolute atomic E-state index is 1.19. The summed E-state index contributed by atoms with van der Waals surface area (Å²) in [5.41, 5.74) is 0. The van der Waals surface area contributed by atoms with E-state index in [0.29, 0.717) is 0 Å². The molecule has 0 heterocycles. The zero-order valence-corrected chi connectivity index (χ0v) is 20.8. The molecule has 0 radical (unpaired) electrons. The minimum atomic E-state index is -1.19. The molecular weight excluding hydrogens is 334 g/mol. The molecule has 3 heteroatoms. The first-order valence-electron chi connectivity index (χ1n) is 11.6. The van der Waals surface area contributed by atoms with E-state index in [0.717, 1.165) is 0 Å². The molecule has 0 aliphatic heterocycles. The molecule has 0 aromatic heterocycles. The fourth-order valence-corrected chi connectivity index (χ4v) is 14.7. The molecule has 25 heavy (non-hydrogen) atoms. The van der Waals surface area contributed by atoms with Crippen LogP contribution >= 0.6 is 0 Å². The minimum Gasteiger partial charge on any atom is -0.359 e. The van der Waals surface area contributed by atoms with Crippen LogP contribution in [0, 0.1) is 0 Å². The zero-order valence-electron chi connectivity index (χ0n) is 18.8. The van der Waals surface area contributed by atoms with Crippen molar-refractivity contribution >= 4 is 16.5 Å². The molecule has 0 amide bonds. The Kier molecular flexibility index (Phi) is 15.7. The average molecular weight is 386 g/mol. The largest absolute Gasteiger partial charge is 0.359 e. The topological polar surface area (TPSA) is 12.0 Å². The highest BCUT2D eigenvalue weighted by Crippen LogP contribution is 2.20. The Balaban J connectivity index is 3.77. The van der Waals surface area contributed by atoms with Crippen molar-refractivity contribution in [3.63, 3.8) is 0 Å². The van der Waals surface area contributed by atoms with E-state index in [9.17, 15) is 0 Å². The third-order valence-corrected chi connectivity index (χ3v) is 14.1. The first kappa shape index (κ1) is 25.4. The molecular formula is C22H51NSi2. The summed E-state index contributed by atoms with van der Waals surface area (Å²) in [6, 6.07) is 2.96. The number of hydrogen-bond donors (Lipinski definition) is 1. The van der Waals surface area contributed by atoms with Crippen LogP contribution in [0.15, 0.2) is 0 Å². The lowest BCUT2D eigenvalue weighted by Crippen LogP contribution is -2.58. The van der Waals surface area contributed by atoms with Crippen molar-refractivity contribution in [3.05, 3.63) is 0 Å². The molecule has 0 fully saturated rings. The summed E-state index contributed by atoms with van der Waals surface area (Å²) in [7, 11) is -2.38. The van der Waals surface area contributed by atoms with E-state index in [2.05, 4.69) is 44.7 Å². The lowest BCUT2D eigenvalue weighted by atomic mass is 10.1. The van der Waals surface area contributed by atoms with Gasteiger partial charge in [-0.25, -0.2) is 0 Å². The van der Waals surface area contributed by atoms with E-state index in [4.69, 9.17) is 0 Å². The maximum absolute atomic E-state index is 4.23. The van der Waals surface area contributed by atoms with E-state index < -0.39 is 16.5 Å². The average Bonchev–Trinajstić information content (AvgIpc) is 2.52. The van der Waals surface area contributed by atoms with Gasteiger partial charge in [-0.05, 0) is 12.1 Å². The third kappa shape index (κ3) is 17.6. The summed E-state index contributed by atoms with van der Waals surface area (Å²) >= 11 is 0. The summed E-state index contributed by atoms with van der Waals surface area (Å²) < 4.78 is 4.23.